The SMILES string of the molecule is CC[C@@]1(O)C(=O)OCCc2c1cc1n(c2=O)Cc2c-1nc1cc(F)c(C)c3c1c2[C@@H](N(CCOCNC(=O)CNC(=O)[C@H](Cc1ccccc1)NC(O)CNC(=O)CNC(=O)CCCCCN1C(=O)C=CC1=O)C(C)=O)CC3. The van der Waals surface area contributed by atoms with Crippen molar-refractivity contribution in [3.63, 3.8) is 0 Å². The summed E-state index contributed by atoms with van der Waals surface area (Å²) >= 11 is 0. The highest BCUT2D eigenvalue weighted by Gasteiger charge is 2.45. The highest BCUT2D eigenvalue weighted by atomic mass is 19.1. The van der Waals surface area contributed by atoms with Crippen LogP contribution >= 0.6 is 0 Å². The van der Waals surface area contributed by atoms with Crippen LogP contribution in [0.15, 0.2) is 59.4 Å². The van der Waals surface area contributed by atoms with Crippen LogP contribution in [0.3, 0.4) is 0 Å². The monoisotopic (exact) mass is 1080 g/mol. The van der Waals surface area contributed by atoms with Gasteiger partial charge in [-0.1, -0.05) is 43.7 Å². The van der Waals surface area contributed by atoms with Crippen molar-refractivity contribution >= 4 is 58.2 Å². The molecular weight excluding hydrogens is 1010 g/mol. The Kier molecular flexibility index (Phi) is 17.9. The maximum atomic E-state index is 15.6. The molecule has 4 aliphatic rings. The van der Waals surface area contributed by atoms with Gasteiger partial charge >= 0.3 is 5.97 Å². The van der Waals surface area contributed by atoms with Gasteiger partial charge in [0.05, 0.1) is 68.4 Å². The van der Waals surface area contributed by atoms with E-state index in [9.17, 15) is 53.4 Å². The van der Waals surface area contributed by atoms with Crippen molar-refractivity contribution in [2.75, 3.05) is 52.7 Å². The number of aliphatic hydroxyl groups is 2. The third kappa shape index (κ3) is 12.3. The van der Waals surface area contributed by atoms with Gasteiger partial charge in [0.25, 0.3) is 17.4 Å². The Morgan fingerprint density at radius 2 is 1.65 bits per heavy atom. The highest BCUT2D eigenvalue weighted by molar-refractivity contribution is 6.12. The molecule has 0 saturated heterocycles. The summed E-state index contributed by atoms with van der Waals surface area (Å²) in [6, 6.07) is 10.3. The zero-order chi connectivity index (χ0) is 55.8. The van der Waals surface area contributed by atoms with Gasteiger partial charge in [0.2, 0.25) is 29.5 Å². The van der Waals surface area contributed by atoms with E-state index in [2.05, 4.69) is 26.6 Å². The number of nitrogens with one attached hydrogen (secondary N) is 5. The van der Waals surface area contributed by atoms with Crippen LogP contribution < -0.4 is 32.1 Å². The number of ether oxygens (including phenoxy) is 2. The van der Waals surface area contributed by atoms with Crippen LogP contribution in [0.25, 0.3) is 22.3 Å². The van der Waals surface area contributed by atoms with Crippen LogP contribution in [0.4, 0.5) is 4.39 Å². The average molecular weight is 1080 g/mol. The fraction of sp³-hybridized carbons (Fsp3) is 0.455. The van der Waals surface area contributed by atoms with Crippen LogP contribution in [0.1, 0.15) is 97.4 Å². The summed E-state index contributed by atoms with van der Waals surface area (Å²) < 4.78 is 28.2. The Hall–Kier alpha value is -7.73. The molecule has 7 N–H and O–H groups in total. The molecular formula is C55H64FN9O13. The fourth-order valence-corrected chi connectivity index (χ4v) is 10.6. The zero-order valence-corrected chi connectivity index (χ0v) is 43.7. The lowest BCUT2D eigenvalue weighted by Gasteiger charge is -2.37. The van der Waals surface area contributed by atoms with Gasteiger partial charge in [-0.25, -0.2) is 14.2 Å². The number of aliphatic hydroxyl groups excluding tert-OH is 1. The number of carbonyl (C=O) groups excluding carboxylic acids is 8. The predicted octanol–water partition coefficient (Wildman–Crippen LogP) is 0.849. The van der Waals surface area contributed by atoms with Crippen LogP contribution in [-0.2, 0) is 79.2 Å². The quantitative estimate of drug-likeness (QED) is 0.0195. The number of aromatic nitrogens is 2. The number of pyridine rings is 2. The molecule has 2 aromatic carbocycles. The first-order valence-corrected chi connectivity index (χ1v) is 26.2. The van der Waals surface area contributed by atoms with Crippen molar-refractivity contribution < 1.29 is 62.4 Å². The molecule has 78 heavy (non-hydrogen) atoms. The summed E-state index contributed by atoms with van der Waals surface area (Å²) in [5.41, 5.74) is 2.30. The lowest BCUT2D eigenvalue weighted by molar-refractivity contribution is -0.166. The number of unbranched alkanes of at least 4 members (excludes halogenated alkanes) is 2. The van der Waals surface area contributed by atoms with Crippen molar-refractivity contribution in [1.82, 2.24) is 45.9 Å². The van der Waals surface area contributed by atoms with Crippen LogP contribution in [-0.4, -0.2) is 142 Å². The molecule has 23 heteroatoms. The number of benzene rings is 2. The molecule has 1 unspecified atom stereocenters. The number of carbonyl (C=O) groups is 8. The number of halogens is 1. The molecule has 3 aliphatic heterocycles. The van der Waals surface area contributed by atoms with Crippen LogP contribution in [0, 0.1) is 12.7 Å². The first kappa shape index (κ1) is 56.5. The largest absolute Gasteiger partial charge is 0.463 e. The minimum atomic E-state index is -2.07. The second-order valence-corrected chi connectivity index (χ2v) is 19.7. The summed E-state index contributed by atoms with van der Waals surface area (Å²) in [6.45, 7) is 3.62. The average Bonchev–Trinajstić information content (AvgIpc) is 4.10. The smallest absolute Gasteiger partial charge is 0.342 e. The predicted molar refractivity (Wildman–Crippen MR) is 278 cm³/mol. The number of hydrogen-bond donors (Lipinski definition) is 7. The number of hydrogen-bond acceptors (Lipinski definition) is 15. The molecule has 22 nitrogen and oxygen atoms in total. The molecule has 5 heterocycles. The van der Waals surface area contributed by atoms with Gasteiger partial charge in [-0.3, -0.25) is 48.6 Å². The topological polar surface area (TPSA) is 297 Å². The first-order chi connectivity index (χ1) is 37.4. The Morgan fingerprint density at radius 1 is 0.923 bits per heavy atom. The van der Waals surface area contributed by atoms with Crippen molar-refractivity contribution in [3.05, 3.63) is 110 Å². The Morgan fingerprint density at radius 3 is 2.38 bits per heavy atom. The maximum Gasteiger partial charge on any atom is 0.342 e. The summed E-state index contributed by atoms with van der Waals surface area (Å²) in [7, 11) is 0. The van der Waals surface area contributed by atoms with Gasteiger partial charge in [-0.15, -0.1) is 0 Å². The molecule has 0 radical (unpaired) electrons. The fourth-order valence-electron chi connectivity index (χ4n) is 10.6. The molecule has 8 rings (SSSR count). The van der Waals surface area contributed by atoms with Crippen molar-refractivity contribution in [1.29, 1.82) is 0 Å². The van der Waals surface area contributed by atoms with Gasteiger partial charge in [0, 0.05) is 73.1 Å². The molecule has 0 bridgehead atoms. The maximum absolute atomic E-state index is 15.6. The number of esters is 1. The normalized spacial score (nSPS) is 17.8. The summed E-state index contributed by atoms with van der Waals surface area (Å²) in [4.78, 5) is 123. The molecule has 7 amide bonds. The van der Waals surface area contributed by atoms with Crippen molar-refractivity contribution in [3.8, 4) is 11.4 Å². The molecule has 1 aliphatic carbocycles. The third-order valence-corrected chi connectivity index (χ3v) is 14.8. The second kappa shape index (κ2) is 24.7. The molecule has 0 saturated carbocycles. The standard InChI is InChI=1S/C55H64FN9O13/c1-4-55(76)37-24-42-51-36(29-65(42)53(74)35(37)18-21-78-54(55)75)50-41(15-14-34-31(2)38(56)25-39(62-51)49(34)50)63(32(3)66)20-22-77-30-60-45(69)27-59-52(73)40(23-33-11-7-5-8-12-33)61-46(70)28-58-44(68)26-57-43(67)13-9-6-10-19-64-47(71)16-17-48(64)72/h5,7-8,11-12,16-17,24-25,40-41,46,61,70,76H,4,6,9-10,13-15,18-23,26-30H2,1-3H3,(H,57,67)(H,58,68)(H,59,73)(H,60,69)/t40-,41-,46?,55-/m0/s1. The first-order valence-electron chi connectivity index (χ1n) is 26.2. The molecule has 2 aromatic heterocycles. The molecule has 0 fully saturated rings. The van der Waals surface area contributed by atoms with E-state index in [-0.39, 0.29) is 113 Å². The highest BCUT2D eigenvalue weighted by Crippen LogP contribution is 2.47. The number of cyclic esters (lactones) is 1. The Bertz CT molecular complexity index is 3110. The summed E-state index contributed by atoms with van der Waals surface area (Å²) in [5, 5.41) is 36.0. The lowest BCUT2D eigenvalue weighted by Crippen LogP contribution is -2.54. The van der Waals surface area contributed by atoms with E-state index in [1.165, 1.54) is 29.7 Å². The lowest BCUT2D eigenvalue weighted by atomic mass is 9.81. The molecule has 4 aromatic rings. The van der Waals surface area contributed by atoms with E-state index in [0.717, 1.165) is 16.0 Å². The van der Waals surface area contributed by atoms with Gasteiger partial charge in [-0.05, 0) is 73.8 Å². The number of amides is 7. The number of aryl methyl sites for hydroxylation is 1. The Labute approximate surface area is 448 Å². The molecule has 4 atom stereocenters. The number of imide groups is 1. The van der Waals surface area contributed by atoms with Gasteiger partial charge in [-0.2, -0.15) is 0 Å². The number of nitrogens with zero attached hydrogens (tertiary/aromatic N) is 4. The van der Waals surface area contributed by atoms with E-state index in [0.29, 0.717) is 71.1 Å². The van der Waals surface area contributed by atoms with Crippen LogP contribution in [0.5, 0.6) is 0 Å². The number of fused-ring (bicyclic) bond motifs is 5. The third-order valence-electron chi connectivity index (χ3n) is 14.8. The van der Waals surface area contributed by atoms with Gasteiger partial charge in [0.15, 0.2) is 5.60 Å². The zero-order valence-electron chi connectivity index (χ0n) is 43.7. The van der Waals surface area contributed by atoms with Crippen molar-refractivity contribution in [2.24, 2.45) is 0 Å². The minimum Gasteiger partial charge on any atom is -0.463 e. The summed E-state index contributed by atoms with van der Waals surface area (Å²) in [6.07, 6.45) is 3.73. The second-order valence-electron chi connectivity index (χ2n) is 19.7. The van der Waals surface area contributed by atoms with E-state index in [4.69, 9.17) is 14.5 Å². The van der Waals surface area contributed by atoms with E-state index < -0.39 is 65.5 Å². The Balaban J connectivity index is 0.834. The molecule has 414 valence electrons. The van der Waals surface area contributed by atoms with E-state index in [1.54, 1.807) is 55.1 Å². The van der Waals surface area contributed by atoms with Gasteiger partial charge < -0.3 is 50.4 Å². The molecule has 0 spiro atoms. The van der Waals surface area contributed by atoms with Gasteiger partial charge in [0.1, 0.15) is 18.8 Å². The minimum absolute atomic E-state index is 0.0243. The van der Waals surface area contributed by atoms with E-state index >= 15 is 4.39 Å². The van der Waals surface area contributed by atoms with E-state index in [1.807, 2.05) is 0 Å². The van der Waals surface area contributed by atoms with Crippen molar-refractivity contribution in [2.45, 2.75) is 109 Å². The number of rotatable bonds is 24. The van der Waals surface area contributed by atoms with Crippen LogP contribution in [0.2, 0.25) is 0 Å². The summed E-state index contributed by atoms with van der Waals surface area (Å²) in [5.74, 6) is -4.51.